The maximum atomic E-state index is 13.3. The van der Waals surface area contributed by atoms with Gasteiger partial charge in [0.05, 0.1) is 4.90 Å². The molecule has 0 saturated carbocycles. The molecule has 9 nitrogen and oxygen atoms in total. The Hall–Kier alpha value is -3.24. The van der Waals surface area contributed by atoms with Gasteiger partial charge in [0, 0.05) is 13.0 Å². The van der Waals surface area contributed by atoms with E-state index in [1.165, 1.54) is 17.0 Å². The van der Waals surface area contributed by atoms with Gasteiger partial charge >= 0.3 is 11.9 Å². The number of hydrogen-bond donors (Lipinski definition) is 2. The van der Waals surface area contributed by atoms with E-state index in [9.17, 15) is 22.8 Å². The number of carbonyl (C=O) groups is 3. The van der Waals surface area contributed by atoms with E-state index in [0.717, 1.165) is 5.56 Å². The van der Waals surface area contributed by atoms with E-state index >= 15 is 0 Å². The van der Waals surface area contributed by atoms with Crippen molar-refractivity contribution in [3.8, 4) is 0 Å². The summed E-state index contributed by atoms with van der Waals surface area (Å²) in [6.45, 7) is 0.307. The lowest BCUT2D eigenvalue weighted by Gasteiger charge is -2.28. The second-order valence-electron chi connectivity index (χ2n) is 7.70. The van der Waals surface area contributed by atoms with E-state index in [1.807, 2.05) is 30.3 Å². The molecule has 0 radical (unpaired) electrons. The zero-order valence-electron chi connectivity index (χ0n) is 17.9. The molecule has 3 rings (SSSR count). The summed E-state index contributed by atoms with van der Waals surface area (Å²) in [5, 5.41) is 9.07. The highest BCUT2D eigenvalue weighted by atomic mass is 32.2. The van der Waals surface area contributed by atoms with Crippen molar-refractivity contribution < 1.29 is 32.6 Å². The lowest BCUT2D eigenvalue weighted by Crippen LogP contribution is -2.52. The minimum Gasteiger partial charge on any atom is -0.481 e. The molecule has 10 heteroatoms. The number of nitrogens with one attached hydrogen (secondary N) is 1. The van der Waals surface area contributed by atoms with Crippen molar-refractivity contribution in [2.75, 3.05) is 6.54 Å². The summed E-state index contributed by atoms with van der Waals surface area (Å²) in [4.78, 5) is 38.3. The first-order chi connectivity index (χ1) is 15.8. The minimum atomic E-state index is -4.07. The summed E-state index contributed by atoms with van der Waals surface area (Å²) in [6.07, 6.45) is 0.275. The third kappa shape index (κ3) is 6.62. The van der Waals surface area contributed by atoms with Crippen molar-refractivity contribution in [3.05, 3.63) is 66.2 Å². The van der Waals surface area contributed by atoms with Gasteiger partial charge in [0.25, 0.3) is 0 Å². The zero-order valence-corrected chi connectivity index (χ0v) is 18.7. The third-order valence-corrected chi connectivity index (χ3v) is 6.82. The molecule has 1 amide bonds. The summed E-state index contributed by atoms with van der Waals surface area (Å²) in [5.74, 6) is -2.38. The van der Waals surface area contributed by atoms with Gasteiger partial charge in [-0.25, -0.2) is 13.2 Å². The fraction of sp³-hybridized carbons (Fsp3) is 0.348. The van der Waals surface area contributed by atoms with E-state index in [2.05, 4.69) is 4.72 Å². The number of carboxylic acids is 1. The Morgan fingerprint density at radius 1 is 1.06 bits per heavy atom. The van der Waals surface area contributed by atoms with E-state index in [-0.39, 0.29) is 24.5 Å². The van der Waals surface area contributed by atoms with Crippen molar-refractivity contribution in [3.63, 3.8) is 0 Å². The third-order valence-electron chi connectivity index (χ3n) is 5.33. The fourth-order valence-corrected chi connectivity index (χ4v) is 4.90. The standard InChI is InChI=1S/C23H26N2O7S/c26-21(27)14-13-19(24-33(30,31)18-10-5-2-6-11-18)22(28)25-15-7-12-20(25)23(29)32-16-17-8-3-1-4-9-17/h1-6,8-11,19-20,24H,7,12-16H2,(H,26,27)/t19-,20-/m0/s1. The molecule has 0 spiro atoms. The van der Waals surface area contributed by atoms with E-state index in [1.54, 1.807) is 18.2 Å². The Balaban J connectivity index is 1.73. The number of benzene rings is 2. The monoisotopic (exact) mass is 474 g/mol. The largest absolute Gasteiger partial charge is 0.481 e. The Morgan fingerprint density at radius 2 is 1.70 bits per heavy atom. The van der Waals surface area contributed by atoms with Crippen LogP contribution < -0.4 is 4.72 Å². The Labute approximate surface area is 192 Å². The second-order valence-corrected chi connectivity index (χ2v) is 9.42. The molecule has 1 aliphatic heterocycles. The molecule has 1 aliphatic rings. The number of likely N-dealkylation sites (tertiary alicyclic amines) is 1. The average Bonchev–Trinajstić information content (AvgIpc) is 3.31. The van der Waals surface area contributed by atoms with E-state index < -0.39 is 46.4 Å². The van der Waals surface area contributed by atoms with E-state index in [4.69, 9.17) is 9.84 Å². The normalized spacial score (nSPS) is 16.8. The lowest BCUT2D eigenvalue weighted by atomic mass is 10.1. The molecular weight excluding hydrogens is 448 g/mol. The van der Waals surface area contributed by atoms with Gasteiger partial charge in [-0.1, -0.05) is 48.5 Å². The number of amides is 1. The number of carboxylic acid groups (broad SMARTS) is 1. The molecule has 33 heavy (non-hydrogen) atoms. The topological polar surface area (TPSA) is 130 Å². The highest BCUT2D eigenvalue weighted by molar-refractivity contribution is 7.89. The molecule has 2 aromatic carbocycles. The van der Waals surface area contributed by atoms with Crippen LogP contribution in [0.4, 0.5) is 0 Å². The number of ether oxygens (including phenoxy) is 1. The molecule has 2 N–H and O–H groups in total. The number of rotatable bonds is 10. The van der Waals surface area contributed by atoms with Gasteiger partial charge in [-0.15, -0.1) is 0 Å². The fourth-order valence-electron chi connectivity index (χ4n) is 3.66. The average molecular weight is 475 g/mol. The SMILES string of the molecule is O=C(O)CC[C@H](NS(=O)(=O)c1ccccc1)C(=O)N1CCC[C@H]1C(=O)OCc1ccccc1. The van der Waals surface area contributed by atoms with Crippen molar-refractivity contribution in [2.45, 2.75) is 49.3 Å². The van der Waals surface area contributed by atoms with Crippen LogP contribution in [0.25, 0.3) is 0 Å². The van der Waals surface area contributed by atoms with Crippen molar-refractivity contribution >= 4 is 27.9 Å². The molecule has 1 fully saturated rings. The first kappa shape index (κ1) is 24.4. The van der Waals surface area contributed by atoms with Gasteiger partial charge in [0.15, 0.2) is 0 Å². The Bertz CT molecular complexity index is 1070. The maximum absolute atomic E-state index is 13.3. The molecule has 2 aromatic rings. The smallest absolute Gasteiger partial charge is 0.329 e. The molecule has 0 aliphatic carbocycles. The molecule has 1 heterocycles. The highest BCUT2D eigenvalue weighted by Crippen LogP contribution is 2.22. The first-order valence-electron chi connectivity index (χ1n) is 10.6. The summed E-state index contributed by atoms with van der Waals surface area (Å²) < 4.78 is 33.2. The number of hydrogen-bond acceptors (Lipinski definition) is 6. The molecule has 2 atom stereocenters. The van der Waals surface area contributed by atoms with Gasteiger partial charge in [-0.05, 0) is 37.0 Å². The predicted molar refractivity (Wildman–Crippen MR) is 118 cm³/mol. The maximum Gasteiger partial charge on any atom is 0.329 e. The van der Waals surface area contributed by atoms with Crippen molar-refractivity contribution in [1.29, 1.82) is 0 Å². The van der Waals surface area contributed by atoms with Crippen LogP contribution in [0.1, 0.15) is 31.2 Å². The van der Waals surface area contributed by atoms with Gasteiger partial charge < -0.3 is 14.7 Å². The second kappa shape index (κ2) is 11.1. The summed E-state index contributed by atoms with van der Waals surface area (Å²) in [5.41, 5.74) is 0.802. The highest BCUT2D eigenvalue weighted by Gasteiger charge is 2.39. The Kier molecular flexibility index (Phi) is 8.18. The van der Waals surface area contributed by atoms with Gasteiger partial charge in [-0.2, -0.15) is 4.72 Å². The van der Waals surface area contributed by atoms with Crippen LogP contribution in [0, 0.1) is 0 Å². The lowest BCUT2D eigenvalue weighted by molar-refractivity contribution is -0.155. The number of carbonyl (C=O) groups excluding carboxylic acids is 2. The first-order valence-corrected chi connectivity index (χ1v) is 12.1. The Morgan fingerprint density at radius 3 is 2.33 bits per heavy atom. The van der Waals surface area contributed by atoms with Crippen LogP contribution >= 0.6 is 0 Å². The summed E-state index contributed by atoms with van der Waals surface area (Å²) >= 11 is 0. The predicted octanol–water partition coefficient (Wildman–Crippen LogP) is 1.93. The quantitative estimate of drug-likeness (QED) is 0.503. The molecule has 0 bridgehead atoms. The van der Waals surface area contributed by atoms with E-state index in [0.29, 0.717) is 12.8 Å². The number of sulfonamides is 1. The summed E-state index contributed by atoms with van der Waals surface area (Å²) in [6, 6.07) is 14.4. The van der Waals surface area contributed by atoms with Crippen LogP contribution in [-0.4, -0.2) is 54.9 Å². The van der Waals surface area contributed by atoms with Gasteiger partial charge in [0.2, 0.25) is 15.9 Å². The van der Waals surface area contributed by atoms with Gasteiger partial charge in [0.1, 0.15) is 18.7 Å². The zero-order chi connectivity index (χ0) is 23.8. The van der Waals surface area contributed by atoms with Crippen LogP contribution in [0.2, 0.25) is 0 Å². The molecule has 0 aromatic heterocycles. The van der Waals surface area contributed by atoms with Crippen molar-refractivity contribution in [1.82, 2.24) is 9.62 Å². The van der Waals surface area contributed by atoms with Crippen LogP contribution in [0.3, 0.4) is 0 Å². The van der Waals surface area contributed by atoms with Crippen molar-refractivity contribution in [2.24, 2.45) is 0 Å². The van der Waals surface area contributed by atoms with Crippen LogP contribution in [0.5, 0.6) is 0 Å². The minimum absolute atomic E-state index is 0.0432. The number of esters is 1. The molecule has 1 saturated heterocycles. The summed E-state index contributed by atoms with van der Waals surface area (Å²) in [7, 11) is -4.07. The van der Waals surface area contributed by atoms with Gasteiger partial charge in [-0.3, -0.25) is 9.59 Å². The van der Waals surface area contributed by atoms with Crippen LogP contribution in [0.15, 0.2) is 65.6 Å². The molecular formula is C23H26N2O7S. The molecule has 0 unspecified atom stereocenters. The molecule has 176 valence electrons. The van der Waals surface area contributed by atoms with Crippen LogP contribution in [-0.2, 0) is 35.8 Å². The number of nitrogens with zero attached hydrogens (tertiary/aromatic N) is 1. The number of aliphatic carboxylic acids is 1.